The summed E-state index contributed by atoms with van der Waals surface area (Å²) in [6.07, 6.45) is 1.71. The number of aldehydes is 2. The van der Waals surface area contributed by atoms with Crippen molar-refractivity contribution in [3.05, 3.63) is 46.2 Å². The normalized spacial score (nSPS) is 10.5. The number of carbonyl (C=O) groups excluding carboxylic acids is 2. The fourth-order valence-electron chi connectivity index (χ4n) is 1.80. The van der Waals surface area contributed by atoms with Crippen molar-refractivity contribution in [2.75, 3.05) is 0 Å². The van der Waals surface area contributed by atoms with Crippen LogP contribution < -0.4 is 0 Å². The van der Waals surface area contributed by atoms with Crippen LogP contribution in [0.1, 0.15) is 19.3 Å². The van der Waals surface area contributed by atoms with Gasteiger partial charge in [0.1, 0.15) is 0 Å². The molecule has 0 aliphatic rings. The average molecular weight is 287 g/mol. The van der Waals surface area contributed by atoms with E-state index in [4.69, 9.17) is 0 Å². The van der Waals surface area contributed by atoms with Crippen LogP contribution in [-0.4, -0.2) is 17.6 Å². The first-order chi connectivity index (χ1) is 9.30. The summed E-state index contributed by atoms with van der Waals surface area (Å²) in [4.78, 5) is 28.2. The van der Waals surface area contributed by atoms with E-state index in [0.717, 1.165) is 33.7 Å². The van der Waals surface area contributed by atoms with Gasteiger partial charge in [-0.25, -0.2) is 0 Å². The van der Waals surface area contributed by atoms with E-state index in [-0.39, 0.29) is 0 Å². The van der Waals surface area contributed by atoms with Gasteiger partial charge < -0.3 is 4.98 Å². The fraction of sp³-hybridized carbons (Fsp3) is 0. The zero-order valence-corrected chi connectivity index (χ0v) is 11.4. The molecule has 3 aromatic heterocycles. The maximum atomic E-state index is 10.7. The Hall–Kier alpha value is -1.98. The Bertz CT molecular complexity index is 675. The molecule has 94 valence electrons. The van der Waals surface area contributed by atoms with Gasteiger partial charge in [-0.15, -0.1) is 22.7 Å². The summed E-state index contributed by atoms with van der Waals surface area (Å²) in [6.45, 7) is 0. The Morgan fingerprint density at radius 3 is 1.58 bits per heavy atom. The van der Waals surface area contributed by atoms with E-state index >= 15 is 0 Å². The Morgan fingerprint density at radius 2 is 1.21 bits per heavy atom. The lowest BCUT2D eigenvalue weighted by Gasteiger charge is -1.93. The number of H-pyrrole nitrogens is 1. The summed E-state index contributed by atoms with van der Waals surface area (Å²) in [5, 5.41) is 0. The monoisotopic (exact) mass is 287 g/mol. The number of aromatic amines is 1. The van der Waals surface area contributed by atoms with Gasteiger partial charge in [0.2, 0.25) is 0 Å². The van der Waals surface area contributed by atoms with Gasteiger partial charge in [0.25, 0.3) is 0 Å². The SMILES string of the molecule is O=Cc1ccc(-c2ccc(-c3ccc(C=O)s3)[nH]2)s1. The Labute approximate surface area is 117 Å². The highest BCUT2D eigenvalue weighted by molar-refractivity contribution is 7.17. The third kappa shape index (κ3) is 2.30. The van der Waals surface area contributed by atoms with Crippen LogP contribution in [-0.2, 0) is 0 Å². The molecule has 0 saturated carbocycles. The zero-order valence-electron chi connectivity index (χ0n) is 9.75. The molecule has 0 spiro atoms. The smallest absolute Gasteiger partial charge is 0.160 e. The summed E-state index contributed by atoms with van der Waals surface area (Å²) < 4.78 is 0. The zero-order chi connectivity index (χ0) is 13.2. The van der Waals surface area contributed by atoms with Gasteiger partial charge in [-0.2, -0.15) is 0 Å². The van der Waals surface area contributed by atoms with Crippen molar-refractivity contribution in [1.82, 2.24) is 4.98 Å². The lowest BCUT2D eigenvalue weighted by Crippen LogP contribution is -1.73. The van der Waals surface area contributed by atoms with Crippen molar-refractivity contribution in [1.29, 1.82) is 0 Å². The number of hydrogen-bond donors (Lipinski definition) is 1. The molecule has 3 aromatic rings. The first kappa shape index (κ1) is 12.1. The first-order valence-corrected chi connectivity index (χ1v) is 7.23. The molecule has 0 radical (unpaired) electrons. The molecular weight excluding hydrogens is 278 g/mol. The largest absolute Gasteiger partial charge is 0.353 e. The molecule has 3 rings (SSSR count). The number of nitrogens with one attached hydrogen (secondary N) is 1. The molecule has 3 nitrogen and oxygen atoms in total. The molecule has 0 aromatic carbocycles. The van der Waals surface area contributed by atoms with E-state index in [0.29, 0.717) is 9.75 Å². The van der Waals surface area contributed by atoms with Gasteiger partial charge in [-0.1, -0.05) is 0 Å². The molecule has 0 bridgehead atoms. The van der Waals surface area contributed by atoms with E-state index in [1.54, 1.807) is 0 Å². The molecule has 0 aliphatic carbocycles. The number of carbonyl (C=O) groups is 2. The minimum absolute atomic E-state index is 0.713. The Morgan fingerprint density at radius 1 is 0.737 bits per heavy atom. The lowest BCUT2D eigenvalue weighted by atomic mass is 10.3. The second kappa shape index (κ2) is 4.95. The van der Waals surface area contributed by atoms with Crippen molar-refractivity contribution >= 4 is 35.2 Å². The maximum absolute atomic E-state index is 10.7. The number of hydrogen-bond acceptors (Lipinski definition) is 4. The predicted octanol–water partition coefficient (Wildman–Crippen LogP) is 4.10. The third-order valence-electron chi connectivity index (χ3n) is 2.70. The molecule has 0 aliphatic heterocycles. The summed E-state index contributed by atoms with van der Waals surface area (Å²) in [7, 11) is 0. The van der Waals surface area contributed by atoms with E-state index in [9.17, 15) is 9.59 Å². The summed E-state index contributed by atoms with van der Waals surface area (Å²) >= 11 is 2.90. The van der Waals surface area contributed by atoms with Gasteiger partial charge in [0.05, 0.1) is 30.9 Å². The summed E-state index contributed by atoms with van der Waals surface area (Å²) in [6, 6.07) is 11.4. The van der Waals surface area contributed by atoms with Gasteiger partial charge >= 0.3 is 0 Å². The minimum atomic E-state index is 0.713. The predicted molar refractivity (Wildman–Crippen MR) is 78.2 cm³/mol. The van der Waals surface area contributed by atoms with E-state index in [1.165, 1.54) is 22.7 Å². The summed E-state index contributed by atoms with van der Waals surface area (Å²) in [5.74, 6) is 0. The third-order valence-corrected chi connectivity index (χ3v) is 4.79. The molecule has 0 atom stereocenters. The second-order valence-corrected chi connectivity index (χ2v) is 6.16. The number of aromatic nitrogens is 1. The standard InChI is InChI=1S/C14H9NO2S2/c16-7-9-1-5-13(18-9)11-3-4-12(15-11)14-6-2-10(8-17)19-14/h1-8,15H. The topological polar surface area (TPSA) is 49.9 Å². The van der Waals surface area contributed by atoms with Crippen LogP contribution in [0.4, 0.5) is 0 Å². The van der Waals surface area contributed by atoms with Crippen molar-refractivity contribution < 1.29 is 9.59 Å². The summed E-state index contributed by atoms with van der Waals surface area (Å²) in [5.41, 5.74) is 1.96. The van der Waals surface area contributed by atoms with Crippen LogP contribution in [0.2, 0.25) is 0 Å². The van der Waals surface area contributed by atoms with E-state index in [2.05, 4.69) is 4.98 Å². The van der Waals surface area contributed by atoms with E-state index < -0.39 is 0 Å². The van der Waals surface area contributed by atoms with Crippen LogP contribution in [0, 0.1) is 0 Å². The van der Waals surface area contributed by atoms with Gasteiger partial charge in [0.15, 0.2) is 12.6 Å². The molecule has 0 amide bonds. The highest BCUT2D eigenvalue weighted by Crippen LogP contribution is 2.31. The fourth-order valence-corrected chi connectivity index (χ4v) is 3.41. The second-order valence-electron chi connectivity index (χ2n) is 3.93. The molecule has 0 saturated heterocycles. The molecular formula is C14H9NO2S2. The lowest BCUT2D eigenvalue weighted by molar-refractivity contribution is 0.111. The first-order valence-electron chi connectivity index (χ1n) is 5.60. The molecule has 1 N–H and O–H groups in total. The quantitative estimate of drug-likeness (QED) is 0.734. The number of thiophene rings is 2. The molecule has 3 heterocycles. The van der Waals surface area contributed by atoms with Crippen LogP contribution in [0.5, 0.6) is 0 Å². The average Bonchev–Trinajstić information content (AvgIpc) is 3.16. The number of rotatable bonds is 4. The Kier molecular flexibility index (Phi) is 3.15. The van der Waals surface area contributed by atoms with Gasteiger partial charge in [-0.3, -0.25) is 9.59 Å². The molecule has 19 heavy (non-hydrogen) atoms. The van der Waals surface area contributed by atoms with Crippen molar-refractivity contribution in [3.8, 4) is 21.1 Å². The van der Waals surface area contributed by atoms with Crippen molar-refractivity contribution in [3.63, 3.8) is 0 Å². The minimum Gasteiger partial charge on any atom is -0.353 e. The van der Waals surface area contributed by atoms with Crippen LogP contribution in [0.3, 0.4) is 0 Å². The maximum Gasteiger partial charge on any atom is 0.160 e. The highest BCUT2D eigenvalue weighted by Gasteiger charge is 2.08. The van der Waals surface area contributed by atoms with Gasteiger partial charge in [0, 0.05) is 0 Å². The van der Waals surface area contributed by atoms with Crippen molar-refractivity contribution in [2.45, 2.75) is 0 Å². The van der Waals surface area contributed by atoms with Gasteiger partial charge in [-0.05, 0) is 36.4 Å². The van der Waals surface area contributed by atoms with E-state index in [1.807, 2.05) is 36.4 Å². The van der Waals surface area contributed by atoms with Crippen LogP contribution >= 0.6 is 22.7 Å². The molecule has 0 unspecified atom stereocenters. The molecule has 5 heteroatoms. The van der Waals surface area contributed by atoms with Crippen LogP contribution in [0.25, 0.3) is 21.1 Å². The molecule has 0 fully saturated rings. The van der Waals surface area contributed by atoms with Crippen molar-refractivity contribution in [2.24, 2.45) is 0 Å². The highest BCUT2D eigenvalue weighted by atomic mass is 32.1. The van der Waals surface area contributed by atoms with Crippen LogP contribution in [0.15, 0.2) is 36.4 Å². The Balaban J connectivity index is 1.94.